The van der Waals surface area contributed by atoms with E-state index in [2.05, 4.69) is 20.3 Å². The molecule has 1 aromatic heterocycles. The molecule has 0 unspecified atom stereocenters. The van der Waals surface area contributed by atoms with Crippen LogP contribution in [0.4, 0.5) is 59.9 Å². The van der Waals surface area contributed by atoms with E-state index < -0.39 is 88.8 Å². The molecule has 0 bridgehead atoms. The van der Waals surface area contributed by atoms with E-state index in [1.807, 2.05) is 0 Å². The maximum absolute atomic E-state index is 14.7. The van der Waals surface area contributed by atoms with Crippen molar-refractivity contribution < 1.29 is 53.0 Å². The molecule has 0 atom stereocenters. The van der Waals surface area contributed by atoms with Crippen LogP contribution in [0.15, 0.2) is 51.4 Å². The van der Waals surface area contributed by atoms with Crippen LogP contribution < -0.4 is 10.1 Å². The standard InChI is InChI=1S/C32H14BF11N6O/c1-45-28-12-4-18(36)19(37)5-13(12)29(46-28)47-31-14-6-20(38)21(39)7-15(14)32(50(31)33)48-30-11-3-17(35)16(34)2-10(11)8-49(30)9-51-27-25(43)23(41)22(40)24(42)26(27)44/h2-7H,8-9H2,1H3,(H,45,46,47). The van der Waals surface area contributed by atoms with Gasteiger partial charge in [0.15, 0.2) is 47.4 Å². The quantitative estimate of drug-likeness (QED) is 0.0914. The number of hydrogen-bond acceptors (Lipinski definition) is 4. The lowest BCUT2D eigenvalue weighted by Gasteiger charge is -2.20. The molecule has 4 aromatic carbocycles. The maximum Gasteiger partial charge on any atom is 0.238 e. The van der Waals surface area contributed by atoms with Crippen molar-refractivity contribution >= 4 is 47.9 Å². The van der Waals surface area contributed by atoms with Gasteiger partial charge in [-0.2, -0.15) is 8.78 Å². The van der Waals surface area contributed by atoms with E-state index in [-0.39, 0.29) is 56.4 Å². The summed E-state index contributed by atoms with van der Waals surface area (Å²) in [5.41, 5.74) is -0.0305. The summed E-state index contributed by atoms with van der Waals surface area (Å²) < 4.78 is 162. The number of benzene rings is 4. The molecular weight excluding hydrogens is 704 g/mol. The highest BCUT2D eigenvalue weighted by atomic mass is 19.2. The summed E-state index contributed by atoms with van der Waals surface area (Å²) in [5, 5.41) is 2.33. The van der Waals surface area contributed by atoms with Crippen molar-refractivity contribution in [1.29, 1.82) is 0 Å². The zero-order chi connectivity index (χ0) is 36.6. The minimum absolute atomic E-state index is 0.0120. The molecule has 19 heteroatoms. The van der Waals surface area contributed by atoms with E-state index >= 15 is 0 Å². The minimum Gasteiger partial charge on any atom is -0.467 e. The van der Waals surface area contributed by atoms with Crippen LogP contribution >= 0.6 is 0 Å². The molecule has 0 saturated heterocycles. The normalized spacial score (nSPS) is 16.2. The Morgan fingerprint density at radius 1 is 0.627 bits per heavy atom. The molecule has 2 aliphatic rings. The van der Waals surface area contributed by atoms with Gasteiger partial charge in [0, 0.05) is 41.1 Å². The molecule has 0 fully saturated rings. The summed E-state index contributed by atoms with van der Waals surface area (Å²) >= 11 is 0. The van der Waals surface area contributed by atoms with Crippen LogP contribution in [0.25, 0.3) is 10.8 Å². The average molecular weight is 718 g/mol. The van der Waals surface area contributed by atoms with Gasteiger partial charge in [-0.25, -0.2) is 49.5 Å². The van der Waals surface area contributed by atoms with Gasteiger partial charge in [0.1, 0.15) is 29.1 Å². The van der Waals surface area contributed by atoms with Crippen LogP contribution in [0.5, 0.6) is 5.75 Å². The first-order valence-corrected chi connectivity index (χ1v) is 14.3. The maximum atomic E-state index is 14.7. The predicted molar refractivity (Wildman–Crippen MR) is 161 cm³/mol. The summed E-state index contributed by atoms with van der Waals surface area (Å²) in [7, 11) is 7.70. The van der Waals surface area contributed by atoms with Gasteiger partial charge < -0.3 is 19.4 Å². The molecule has 0 saturated carbocycles. The second-order valence-electron chi connectivity index (χ2n) is 11.0. The summed E-state index contributed by atoms with van der Waals surface area (Å²) in [4.78, 5) is 13.7. The summed E-state index contributed by atoms with van der Waals surface area (Å²) in [6.45, 7) is -1.46. The van der Waals surface area contributed by atoms with Gasteiger partial charge >= 0.3 is 0 Å². The molecule has 1 N–H and O–H groups in total. The number of aliphatic imine (C=N–C) groups is 3. The minimum atomic E-state index is -2.44. The number of nitrogens with zero attached hydrogens (tertiary/aromatic N) is 5. The zero-order valence-corrected chi connectivity index (χ0v) is 25.3. The fourth-order valence-corrected chi connectivity index (χ4v) is 5.63. The molecule has 7 nitrogen and oxygen atoms in total. The van der Waals surface area contributed by atoms with Gasteiger partial charge in [0.25, 0.3) is 0 Å². The molecule has 258 valence electrons. The van der Waals surface area contributed by atoms with Crippen LogP contribution in [-0.4, -0.2) is 48.6 Å². The number of halogens is 11. The van der Waals surface area contributed by atoms with E-state index in [1.54, 1.807) is 0 Å². The largest absolute Gasteiger partial charge is 0.467 e. The second kappa shape index (κ2) is 12.2. The fraction of sp³-hybridized carbons (Fsp3) is 0.0938. The highest BCUT2D eigenvalue weighted by Gasteiger charge is 2.33. The molecule has 0 amide bonds. The third-order valence-electron chi connectivity index (χ3n) is 8.04. The monoisotopic (exact) mass is 718 g/mol. The Bertz CT molecular complexity index is 2420. The Kier molecular flexibility index (Phi) is 8.02. The van der Waals surface area contributed by atoms with Crippen LogP contribution in [0.1, 0.15) is 22.3 Å². The first kappa shape index (κ1) is 33.6. The van der Waals surface area contributed by atoms with Gasteiger partial charge in [0.2, 0.25) is 37.1 Å². The van der Waals surface area contributed by atoms with E-state index in [0.717, 1.165) is 23.1 Å². The molecule has 0 spiro atoms. The van der Waals surface area contributed by atoms with Crippen molar-refractivity contribution in [2.45, 2.75) is 6.54 Å². The van der Waals surface area contributed by atoms with Gasteiger partial charge in [-0.15, -0.1) is 0 Å². The average Bonchev–Trinajstić information content (AvgIpc) is 3.69. The van der Waals surface area contributed by atoms with Gasteiger partial charge in [0.05, 0.1) is 0 Å². The van der Waals surface area contributed by atoms with Crippen LogP contribution in [0.2, 0.25) is 0 Å². The third-order valence-corrected chi connectivity index (χ3v) is 8.04. The predicted octanol–water partition coefficient (Wildman–Crippen LogP) is 7.09. The molecule has 3 heterocycles. The lowest BCUT2D eigenvalue weighted by Crippen LogP contribution is -2.30. The number of rotatable bonds is 5. The second-order valence-corrected chi connectivity index (χ2v) is 11.0. The number of fused-ring (bicyclic) bond motifs is 3. The Balaban J connectivity index is 1.40. The number of aromatic nitrogens is 1. The summed E-state index contributed by atoms with van der Waals surface area (Å²) in [6, 6.07) is 4.49. The molecule has 7 rings (SSSR count). The highest BCUT2D eigenvalue weighted by Crippen LogP contribution is 2.40. The molecular formula is C32H14BF11N6O. The Labute approximate surface area is 279 Å². The van der Waals surface area contributed by atoms with E-state index in [4.69, 9.17) is 12.7 Å². The lowest BCUT2D eigenvalue weighted by molar-refractivity contribution is 0.171. The summed E-state index contributed by atoms with van der Waals surface area (Å²) in [5.74, 6) is -22.4. The van der Waals surface area contributed by atoms with Crippen LogP contribution in [0.3, 0.4) is 0 Å². The first-order valence-electron chi connectivity index (χ1n) is 14.3. The SMILES string of the molecule is [B]n1c(N=C2NC(=NC)c3cc(F)c(F)cc32)c2cc(F)c(F)cc2c1N=C1c2cc(F)c(F)cc2CN1COc1c(F)c(F)c(F)c(F)c1F. The van der Waals surface area contributed by atoms with Crippen molar-refractivity contribution in [3.05, 3.63) is 123 Å². The number of hydrogen-bond donors (Lipinski definition) is 1. The van der Waals surface area contributed by atoms with Crippen molar-refractivity contribution in [3.63, 3.8) is 0 Å². The van der Waals surface area contributed by atoms with E-state index in [1.165, 1.54) is 7.05 Å². The number of nitrogens with one attached hydrogen (secondary N) is 1. The van der Waals surface area contributed by atoms with Crippen molar-refractivity contribution in [3.8, 4) is 5.75 Å². The summed E-state index contributed by atoms with van der Waals surface area (Å²) in [6.07, 6.45) is 0. The Morgan fingerprint density at radius 3 is 1.67 bits per heavy atom. The van der Waals surface area contributed by atoms with Crippen LogP contribution in [-0.2, 0) is 6.54 Å². The molecule has 0 aliphatic carbocycles. The molecule has 2 radical (unpaired) electrons. The fourth-order valence-electron chi connectivity index (χ4n) is 5.63. The van der Waals surface area contributed by atoms with Gasteiger partial charge in [-0.3, -0.25) is 4.99 Å². The van der Waals surface area contributed by atoms with Crippen LogP contribution in [0, 0.1) is 64.0 Å². The smallest absolute Gasteiger partial charge is 0.238 e. The van der Waals surface area contributed by atoms with E-state index in [0.29, 0.717) is 22.7 Å². The number of ether oxygens (including phenoxy) is 1. The van der Waals surface area contributed by atoms with Gasteiger partial charge in [-0.1, -0.05) is 0 Å². The molecule has 51 heavy (non-hydrogen) atoms. The first-order chi connectivity index (χ1) is 24.2. The Morgan fingerprint density at radius 2 is 1.10 bits per heavy atom. The Hall–Kier alpha value is -5.88. The molecule has 5 aromatic rings. The lowest BCUT2D eigenvalue weighted by atomic mass is 10.1. The number of amidine groups is 3. The van der Waals surface area contributed by atoms with Crippen molar-refractivity contribution in [2.24, 2.45) is 15.0 Å². The molecule has 2 aliphatic heterocycles. The zero-order valence-electron chi connectivity index (χ0n) is 25.3. The van der Waals surface area contributed by atoms with E-state index in [9.17, 15) is 48.3 Å². The highest BCUT2D eigenvalue weighted by molar-refractivity contribution is 6.27. The van der Waals surface area contributed by atoms with Crippen molar-refractivity contribution in [1.82, 2.24) is 14.7 Å². The third kappa shape index (κ3) is 5.34. The van der Waals surface area contributed by atoms with Crippen molar-refractivity contribution in [2.75, 3.05) is 13.8 Å². The topological polar surface area (TPSA) is 66.5 Å². The van der Waals surface area contributed by atoms with Gasteiger partial charge in [-0.05, 0) is 42.0 Å².